The van der Waals surface area contributed by atoms with E-state index in [1.807, 2.05) is 18.0 Å². The average molecular weight is 295 g/mol. The van der Waals surface area contributed by atoms with Crippen LogP contribution in [0.2, 0.25) is 0 Å². The molecule has 1 aliphatic heterocycles. The Bertz CT molecular complexity index is 642. The first-order valence-corrected chi connectivity index (χ1v) is 7.86. The summed E-state index contributed by atoms with van der Waals surface area (Å²) in [5.74, 6) is 0.135. The van der Waals surface area contributed by atoms with E-state index in [-0.39, 0.29) is 5.91 Å². The predicted molar refractivity (Wildman–Crippen MR) is 85.6 cm³/mol. The van der Waals surface area contributed by atoms with Crippen LogP contribution in [0.3, 0.4) is 0 Å². The first-order valence-electron chi connectivity index (χ1n) is 7.86. The van der Waals surface area contributed by atoms with Crippen LogP contribution in [0.5, 0.6) is 0 Å². The van der Waals surface area contributed by atoms with Gasteiger partial charge in [0.05, 0.1) is 0 Å². The fourth-order valence-corrected chi connectivity index (χ4v) is 3.16. The van der Waals surface area contributed by atoms with Crippen molar-refractivity contribution in [3.63, 3.8) is 0 Å². The zero-order valence-electron chi connectivity index (χ0n) is 12.9. The van der Waals surface area contributed by atoms with Gasteiger partial charge in [-0.1, -0.05) is 0 Å². The van der Waals surface area contributed by atoms with Crippen LogP contribution < -0.4 is 0 Å². The molecule has 114 valence electrons. The van der Waals surface area contributed by atoms with E-state index < -0.39 is 0 Å². The Balaban J connectivity index is 1.65. The van der Waals surface area contributed by atoms with Gasteiger partial charge < -0.3 is 4.90 Å². The number of carbonyl (C=O) groups is 1. The number of pyridine rings is 2. The molecule has 1 atom stereocenters. The molecule has 3 rings (SSSR count). The van der Waals surface area contributed by atoms with Crippen LogP contribution in [-0.2, 0) is 6.42 Å². The number of hydrogen-bond donors (Lipinski definition) is 0. The van der Waals surface area contributed by atoms with Gasteiger partial charge in [-0.15, -0.1) is 0 Å². The largest absolute Gasteiger partial charge is 0.336 e. The third kappa shape index (κ3) is 3.32. The summed E-state index contributed by atoms with van der Waals surface area (Å²) in [4.78, 5) is 22.9. The highest BCUT2D eigenvalue weighted by molar-refractivity contribution is 5.94. The number of amides is 1. The van der Waals surface area contributed by atoms with E-state index in [1.165, 1.54) is 5.56 Å². The second-order valence-electron chi connectivity index (χ2n) is 5.87. The molecule has 0 aliphatic carbocycles. The van der Waals surface area contributed by atoms with Crippen molar-refractivity contribution in [3.05, 3.63) is 59.7 Å². The molecule has 2 aromatic rings. The quantitative estimate of drug-likeness (QED) is 0.871. The van der Waals surface area contributed by atoms with Gasteiger partial charge in [0.2, 0.25) is 0 Å². The first-order chi connectivity index (χ1) is 10.7. The molecule has 0 bridgehead atoms. The molecular formula is C18H21N3O. The number of rotatable bonds is 4. The number of likely N-dealkylation sites (tertiary alicyclic amines) is 1. The number of aromatic nitrogens is 2. The van der Waals surface area contributed by atoms with Crippen molar-refractivity contribution < 1.29 is 4.79 Å². The van der Waals surface area contributed by atoms with Gasteiger partial charge in [0.1, 0.15) is 0 Å². The third-order valence-electron chi connectivity index (χ3n) is 4.29. The summed E-state index contributed by atoms with van der Waals surface area (Å²) in [6.07, 6.45) is 9.42. The lowest BCUT2D eigenvalue weighted by molar-refractivity contribution is 0.0730. The van der Waals surface area contributed by atoms with Gasteiger partial charge in [0, 0.05) is 42.4 Å². The van der Waals surface area contributed by atoms with E-state index in [9.17, 15) is 4.79 Å². The van der Waals surface area contributed by atoms with Crippen molar-refractivity contribution in [2.24, 2.45) is 0 Å². The Morgan fingerprint density at radius 1 is 1.27 bits per heavy atom. The van der Waals surface area contributed by atoms with E-state index in [1.54, 1.807) is 24.5 Å². The molecule has 4 heteroatoms. The summed E-state index contributed by atoms with van der Waals surface area (Å²) < 4.78 is 0. The second-order valence-corrected chi connectivity index (χ2v) is 5.87. The highest BCUT2D eigenvalue weighted by atomic mass is 16.2. The van der Waals surface area contributed by atoms with Crippen LogP contribution in [0.25, 0.3) is 0 Å². The molecule has 2 aromatic heterocycles. The van der Waals surface area contributed by atoms with E-state index >= 15 is 0 Å². The first kappa shape index (κ1) is 14.7. The topological polar surface area (TPSA) is 46.1 Å². The van der Waals surface area contributed by atoms with Gasteiger partial charge in [0.25, 0.3) is 5.91 Å². The van der Waals surface area contributed by atoms with Crippen LogP contribution in [0.1, 0.15) is 40.9 Å². The fraction of sp³-hybridized carbons (Fsp3) is 0.389. The SMILES string of the molecule is Cc1cc(CC[C@H]2CCCN2C(=O)c2ccncc2)ccn1. The van der Waals surface area contributed by atoms with Gasteiger partial charge in [-0.2, -0.15) is 0 Å². The summed E-state index contributed by atoms with van der Waals surface area (Å²) in [6.45, 7) is 2.87. The van der Waals surface area contributed by atoms with Gasteiger partial charge in [0.15, 0.2) is 0 Å². The number of aryl methyl sites for hydroxylation is 2. The Hall–Kier alpha value is -2.23. The molecule has 0 N–H and O–H groups in total. The average Bonchev–Trinajstić information content (AvgIpc) is 3.01. The summed E-state index contributed by atoms with van der Waals surface area (Å²) in [5, 5.41) is 0. The highest BCUT2D eigenvalue weighted by Crippen LogP contribution is 2.24. The molecule has 1 aliphatic rings. The van der Waals surface area contributed by atoms with Gasteiger partial charge in [-0.05, 0) is 62.4 Å². The maximum atomic E-state index is 12.6. The molecule has 1 saturated heterocycles. The summed E-state index contributed by atoms with van der Waals surface area (Å²) >= 11 is 0. The molecule has 0 saturated carbocycles. The molecule has 0 spiro atoms. The molecule has 0 aromatic carbocycles. The van der Waals surface area contributed by atoms with Crippen LogP contribution in [0.4, 0.5) is 0 Å². The van der Waals surface area contributed by atoms with Gasteiger partial charge >= 0.3 is 0 Å². The monoisotopic (exact) mass is 295 g/mol. The van der Waals surface area contributed by atoms with Crippen molar-refractivity contribution in [1.82, 2.24) is 14.9 Å². The Labute approximate surface area is 131 Å². The minimum atomic E-state index is 0.135. The summed E-state index contributed by atoms with van der Waals surface area (Å²) in [6, 6.07) is 8.13. The van der Waals surface area contributed by atoms with Crippen LogP contribution in [-0.4, -0.2) is 33.4 Å². The molecule has 1 amide bonds. The predicted octanol–water partition coefficient (Wildman–Crippen LogP) is 3.02. The Morgan fingerprint density at radius 2 is 2.09 bits per heavy atom. The van der Waals surface area contributed by atoms with Crippen LogP contribution in [0.15, 0.2) is 42.9 Å². The Kier molecular flexibility index (Phi) is 4.47. The third-order valence-corrected chi connectivity index (χ3v) is 4.29. The van der Waals surface area contributed by atoms with Crippen LogP contribution >= 0.6 is 0 Å². The van der Waals surface area contributed by atoms with E-state index in [0.29, 0.717) is 6.04 Å². The fourth-order valence-electron chi connectivity index (χ4n) is 3.16. The molecule has 0 unspecified atom stereocenters. The normalized spacial score (nSPS) is 17.7. The van der Waals surface area contributed by atoms with Gasteiger partial charge in [-0.25, -0.2) is 0 Å². The standard InChI is InChI=1S/C18H21N3O/c1-14-13-15(6-11-20-14)4-5-17-3-2-12-21(17)18(22)16-7-9-19-10-8-16/h6-11,13,17H,2-5,12H2,1H3/t17-/m1/s1. The molecule has 3 heterocycles. The highest BCUT2D eigenvalue weighted by Gasteiger charge is 2.28. The van der Waals surface area contributed by atoms with Gasteiger partial charge in [-0.3, -0.25) is 14.8 Å². The maximum absolute atomic E-state index is 12.6. The molecule has 22 heavy (non-hydrogen) atoms. The number of hydrogen-bond acceptors (Lipinski definition) is 3. The lowest BCUT2D eigenvalue weighted by atomic mass is 10.0. The smallest absolute Gasteiger partial charge is 0.254 e. The Morgan fingerprint density at radius 3 is 2.86 bits per heavy atom. The molecule has 4 nitrogen and oxygen atoms in total. The van der Waals surface area contributed by atoms with Crippen molar-refractivity contribution in [1.29, 1.82) is 0 Å². The van der Waals surface area contributed by atoms with E-state index in [2.05, 4.69) is 22.1 Å². The van der Waals surface area contributed by atoms with Crippen molar-refractivity contribution in [2.45, 2.75) is 38.6 Å². The zero-order valence-corrected chi connectivity index (χ0v) is 12.9. The molecule has 0 radical (unpaired) electrons. The van der Waals surface area contributed by atoms with Crippen molar-refractivity contribution >= 4 is 5.91 Å². The lowest BCUT2D eigenvalue weighted by Gasteiger charge is -2.25. The number of nitrogens with zero attached hydrogens (tertiary/aromatic N) is 3. The number of carbonyl (C=O) groups excluding carboxylic acids is 1. The lowest BCUT2D eigenvalue weighted by Crippen LogP contribution is -2.35. The maximum Gasteiger partial charge on any atom is 0.254 e. The zero-order chi connectivity index (χ0) is 15.4. The molecular weight excluding hydrogens is 274 g/mol. The summed E-state index contributed by atoms with van der Waals surface area (Å²) in [5.41, 5.74) is 3.09. The molecule has 1 fully saturated rings. The van der Waals surface area contributed by atoms with Crippen molar-refractivity contribution in [3.8, 4) is 0 Å². The minimum absolute atomic E-state index is 0.135. The second kappa shape index (κ2) is 6.69. The minimum Gasteiger partial charge on any atom is -0.336 e. The van der Waals surface area contributed by atoms with Crippen LogP contribution in [0, 0.1) is 6.92 Å². The van der Waals surface area contributed by atoms with E-state index in [4.69, 9.17) is 0 Å². The van der Waals surface area contributed by atoms with E-state index in [0.717, 1.165) is 43.5 Å². The summed E-state index contributed by atoms with van der Waals surface area (Å²) in [7, 11) is 0. The van der Waals surface area contributed by atoms with Crippen molar-refractivity contribution in [2.75, 3.05) is 6.54 Å².